The molecule has 438 valence electrons. The van der Waals surface area contributed by atoms with Crippen LogP contribution in [0.3, 0.4) is 0 Å². The molecule has 0 aliphatic rings. The predicted octanol–water partition coefficient (Wildman–Crippen LogP) is 22.9. The van der Waals surface area contributed by atoms with Crippen LogP contribution in [0.15, 0.2) is 72.9 Å². The first kappa shape index (κ1) is 72.8. The summed E-state index contributed by atoms with van der Waals surface area (Å²) in [5.74, 6) is -0.0251. The SMILES string of the molecule is CC/C=C\C/C=C\C/C=C\C/C=C\C/C=C\C/C=C\CCCCCCCCCCCCCCCCCCCCCCCCC(=O)NC(CO)C(O)CCCCCCCCCCCCCCCCCCCCCCCC. The van der Waals surface area contributed by atoms with Crippen LogP contribution in [0.5, 0.6) is 0 Å². The van der Waals surface area contributed by atoms with Gasteiger partial charge in [0, 0.05) is 6.42 Å². The van der Waals surface area contributed by atoms with Crippen LogP contribution in [0.25, 0.3) is 0 Å². The second-order valence-corrected chi connectivity index (χ2v) is 22.9. The van der Waals surface area contributed by atoms with Gasteiger partial charge in [-0.25, -0.2) is 0 Å². The Morgan fingerprint density at radius 3 is 0.880 bits per heavy atom. The van der Waals surface area contributed by atoms with Gasteiger partial charge >= 0.3 is 0 Å². The zero-order valence-corrected chi connectivity index (χ0v) is 50.6. The van der Waals surface area contributed by atoms with E-state index in [9.17, 15) is 15.0 Å². The van der Waals surface area contributed by atoms with Crippen LogP contribution in [0.4, 0.5) is 0 Å². The van der Waals surface area contributed by atoms with E-state index in [2.05, 4.69) is 92.1 Å². The Labute approximate surface area is 469 Å². The number of aliphatic hydroxyl groups excluding tert-OH is 2. The third-order valence-electron chi connectivity index (χ3n) is 15.5. The van der Waals surface area contributed by atoms with E-state index in [0.717, 1.165) is 64.2 Å². The second-order valence-electron chi connectivity index (χ2n) is 22.9. The Balaban J connectivity index is 3.41. The van der Waals surface area contributed by atoms with E-state index < -0.39 is 12.1 Å². The van der Waals surface area contributed by atoms with Crippen molar-refractivity contribution in [2.24, 2.45) is 0 Å². The van der Waals surface area contributed by atoms with Crippen molar-refractivity contribution in [3.05, 3.63) is 72.9 Å². The highest BCUT2D eigenvalue weighted by atomic mass is 16.3. The van der Waals surface area contributed by atoms with Crippen molar-refractivity contribution in [1.82, 2.24) is 5.32 Å². The zero-order chi connectivity index (χ0) is 54.1. The number of hydrogen-bond acceptors (Lipinski definition) is 3. The normalized spacial score (nSPS) is 13.2. The molecule has 1 amide bonds. The highest BCUT2D eigenvalue weighted by molar-refractivity contribution is 5.76. The number of rotatable bonds is 62. The highest BCUT2D eigenvalue weighted by Crippen LogP contribution is 2.19. The first-order valence-corrected chi connectivity index (χ1v) is 33.6. The first-order chi connectivity index (χ1) is 37.2. The molecule has 0 saturated carbocycles. The summed E-state index contributed by atoms with van der Waals surface area (Å²) in [4.78, 5) is 12.5. The lowest BCUT2D eigenvalue weighted by Gasteiger charge is -2.22. The fourth-order valence-corrected chi connectivity index (χ4v) is 10.4. The van der Waals surface area contributed by atoms with E-state index in [1.807, 2.05) is 0 Å². The molecule has 0 aromatic rings. The fraction of sp³-hybridized carbons (Fsp3) is 0.817. The first-order valence-electron chi connectivity index (χ1n) is 33.6. The number of amides is 1. The summed E-state index contributed by atoms with van der Waals surface area (Å²) >= 11 is 0. The van der Waals surface area contributed by atoms with Crippen LogP contribution in [0.1, 0.15) is 354 Å². The minimum absolute atomic E-state index is 0.0251. The minimum Gasteiger partial charge on any atom is -0.394 e. The molecule has 2 unspecified atom stereocenters. The van der Waals surface area contributed by atoms with Gasteiger partial charge in [0.1, 0.15) is 0 Å². The van der Waals surface area contributed by atoms with E-state index in [-0.39, 0.29) is 12.5 Å². The number of allylic oxidation sites excluding steroid dienone is 12. The van der Waals surface area contributed by atoms with Gasteiger partial charge in [-0.1, -0.05) is 356 Å². The third-order valence-corrected chi connectivity index (χ3v) is 15.5. The molecule has 0 fully saturated rings. The summed E-state index contributed by atoms with van der Waals surface area (Å²) in [7, 11) is 0. The standard InChI is InChI=1S/C71H131NO3/c1-3-5-7-9-11-13-15-17-19-21-23-25-27-28-29-30-31-32-33-34-35-36-37-38-39-40-41-42-43-44-45-47-49-51-53-55-57-59-61-63-65-67-71(75)72-69(68-73)70(74)66-64-62-60-58-56-54-52-50-48-46-26-24-22-20-18-16-14-12-10-8-6-4-2/h5,7,11,13,17,19,23,25,28-29,31-32,69-70,73-74H,3-4,6,8-10,12,14-16,18,20-22,24,26-27,30,33-68H2,1-2H3,(H,72,75)/b7-5-,13-11-,19-17-,25-23-,29-28-,32-31-. The third kappa shape index (κ3) is 62.6. The average molecular weight is 1050 g/mol. The summed E-state index contributed by atoms with van der Waals surface area (Å²) in [6.45, 7) is 4.28. The molecule has 75 heavy (non-hydrogen) atoms. The van der Waals surface area contributed by atoms with Crippen molar-refractivity contribution in [2.45, 2.75) is 366 Å². The molecule has 0 saturated heterocycles. The zero-order valence-electron chi connectivity index (χ0n) is 50.6. The van der Waals surface area contributed by atoms with Crippen LogP contribution < -0.4 is 5.32 Å². The predicted molar refractivity (Wildman–Crippen MR) is 336 cm³/mol. The smallest absolute Gasteiger partial charge is 0.220 e. The topological polar surface area (TPSA) is 69.6 Å². The van der Waals surface area contributed by atoms with Crippen LogP contribution in [0.2, 0.25) is 0 Å². The van der Waals surface area contributed by atoms with Crippen LogP contribution >= 0.6 is 0 Å². The van der Waals surface area contributed by atoms with Crippen molar-refractivity contribution < 1.29 is 15.0 Å². The minimum atomic E-state index is -0.661. The van der Waals surface area contributed by atoms with E-state index in [4.69, 9.17) is 0 Å². The number of carbonyl (C=O) groups excluding carboxylic acids is 1. The molecule has 2 atom stereocenters. The molecule has 0 aliphatic heterocycles. The molecule has 3 N–H and O–H groups in total. The Morgan fingerprint density at radius 1 is 0.333 bits per heavy atom. The van der Waals surface area contributed by atoms with E-state index in [1.165, 1.54) is 263 Å². The number of unbranched alkanes of at least 4 members (excludes halogenated alkanes) is 43. The lowest BCUT2D eigenvalue weighted by atomic mass is 10.0. The van der Waals surface area contributed by atoms with Gasteiger partial charge in [0.15, 0.2) is 0 Å². The number of nitrogens with one attached hydrogen (secondary N) is 1. The molecule has 4 heteroatoms. The van der Waals surface area contributed by atoms with Crippen molar-refractivity contribution in [1.29, 1.82) is 0 Å². The molecule has 4 nitrogen and oxygen atoms in total. The Hall–Kier alpha value is -2.17. The maximum atomic E-state index is 12.5. The summed E-state index contributed by atoms with van der Waals surface area (Å²) in [5.41, 5.74) is 0. The van der Waals surface area contributed by atoms with Gasteiger partial charge in [-0.2, -0.15) is 0 Å². The summed E-state index contributed by atoms with van der Waals surface area (Å²) in [6.07, 6.45) is 95.1. The lowest BCUT2D eigenvalue weighted by Crippen LogP contribution is -2.45. The van der Waals surface area contributed by atoms with Gasteiger partial charge in [0.2, 0.25) is 5.91 Å². The van der Waals surface area contributed by atoms with Gasteiger partial charge < -0.3 is 15.5 Å². The number of aliphatic hydroxyl groups is 2. The highest BCUT2D eigenvalue weighted by Gasteiger charge is 2.20. The van der Waals surface area contributed by atoms with Gasteiger partial charge in [-0.15, -0.1) is 0 Å². The van der Waals surface area contributed by atoms with Crippen LogP contribution in [0, 0.1) is 0 Å². The summed E-state index contributed by atoms with van der Waals surface area (Å²) < 4.78 is 0. The maximum absolute atomic E-state index is 12.5. The molecule has 0 spiro atoms. The Bertz CT molecular complexity index is 1280. The van der Waals surface area contributed by atoms with Crippen LogP contribution in [-0.4, -0.2) is 34.9 Å². The van der Waals surface area contributed by atoms with Crippen LogP contribution in [-0.2, 0) is 4.79 Å². The molecule has 0 aromatic carbocycles. The molecule has 0 bridgehead atoms. The molecule has 0 rings (SSSR count). The number of carbonyl (C=O) groups is 1. The van der Waals surface area contributed by atoms with Gasteiger partial charge in [0.05, 0.1) is 18.8 Å². The molecular weight excluding hydrogens is 915 g/mol. The summed E-state index contributed by atoms with van der Waals surface area (Å²) in [5, 5.41) is 23.4. The van der Waals surface area contributed by atoms with Crippen molar-refractivity contribution >= 4 is 5.91 Å². The lowest BCUT2D eigenvalue weighted by molar-refractivity contribution is -0.123. The van der Waals surface area contributed by atoms with Crippen molar-refractivity contribution in [2.75, 3.05) is 6.61 Å². The Morgan fingerprint density at radius 2 is 0.587 bits per heavy atom. The van der Waals surface area contributed by atoms with Gasteiger partial charge in [0.25, 0.3) is 0 Å². The molecular formula is C71H131NO3. The Kier molecular flexibility index (Phi) is 64.2. The van der Waals surface area contributed by atoms with Crippen molar-refractivity contribution in [3.8, 4) is 0 Å². The van der Waals surface area contributed by atoms with E-state index in [0.29, 0.717) is 12.8 Å². The molecule has 0 aromatic heterocycles. The maximum Gasteiger partial charge on any atom is 0.220 e. The molecule has 0 radical (unpaired) electrons. The van der Waals surface area contributed by atoms with Gasteiger partial charge in [-0.3, -0.25) is 4.79 Å². The quantitative estimate of drug-likeness (QED) is 0.0420. The van der Waals surface area contributed by atoms with Gasteiger partial charge in [-0.05, 0) is 64.2 Å². The largest absolute Gasteiger partial charge is 0.394 e. The number of hydrogen-bond donors (Lipinski definition) is 3. The molecule has 0 heterocycles. The summed E-state index contributed by atoms with van der Waals surface area (Å²) in [6, 6.07) is -0.537. The fourth-order valence-electron chi connectivity index (χ4n) is 10.4. The van der Waals surface area contributed by atoms with E-state index >= 15 is 0 Å². The monoisotopic (exact) mass is 1050 g/mol. The second kappa shape index (κ2) is 66.1. The van der Waals surface area contributed by atoms with Crippen molar-refractivity contribution in [3.63, 3.8) is 0 Å². The average Bonchev–Trinajstić information content (AvgIpc) is 3.41. The van der Waals surface area contributed by atoms with E-state index in [1.54, 1.807) is 0 Å². The molecule has 0 aliphatic carbocycles.